The van der Waals surface area contributed by atoms with E-state index in [0.717, 1.165) is 16.5 Å². The SMILES string of the molecule is CC[C@@H](C)[C@@H](NC(=O)Cc1c[nH]c2ccccc12)C(=O)O. The average molecular weight is 288 g/mol. The Kier molecular flexibility index (Phi) is 4.62. The molecular weight excluding hydrogens is 268 g/mol. The average Bonchev–Trinajstić information content (AvgIpc) is 2.87. The molecule has 0 fully saturated rings. The number of carbonyl (C=O) groups excluding carboxylic acids is 1. The summed E-state index contributed by atoms with van der Waals surface area (Å²) >= 11 is 0. The Morgan fingerprint density at radius 1 is 1.33 bits per heavy atom. The van der Waals surface area contributed by atoms with Crippen molar-refractivity contribution >= 4 is 22.8 Å². The molecule has 0 unspecified atom stereocenters. The molecule has 0 bridgehead atoms. The van der Waals surface area contributed by atoms with Crippen molar-refractivity contribution in [2.45, 2.75) is 32.7 Å². The number of nitrogens with one attached hydrogen (secondary N) is 2. The Balaban J connectivity index is 2.09. The summed E-state index contributed by atoms with van der Waals surface area (Å²) in [6, 6.07) is 6.88. The largest absolute Gasteiger partial charge is 0.480 e. The number of carboxylic acid groups (broad SMARTS) is 1. The van der Waals surface area contributed by atoms with Crippen LogP contribution in [0.1, 0.15) is 25.8 Å². The first kappa shape index (κ1) is 15.1. The van der Waals surface area contributed by atoms with Gasteiger partial charge in [0.15, 0.2) is 0 Å². The molecule has 112 valence electrons. The van der Waals surface area contributed by atoms with Gasteiger partial charge in [-0.15, -0.1) is 0 Å². The monoisotopic (exact) mass is 288 g/mol. The third-order valence-corrected chi connectivity index (χ3v) is 3.82. The molecule has 1 aromatic heterocycles. The maximum absolute atomic E-state index is 12.1. The topological polar surface area (TPSA) is 82.2 Å². The van der Waals surface area contributed by atoms with E-state index in [1.165, 1.54) is 0 Å². The van der Waals surface area contributed by atoms with Gasteiger partial charge in [0.1, 0.15) is 6.04 Å². The van der Waals surface area contributed by atoms with Gasteiger partial charge in [0, 0.05) is 17.1 Å². The van der Waals surface area contributed by atoms with Crippen molar-refractivity contribution in [2.75, 3.05) is 0 Å². The molecule has 0 aliphatic heterocycles. The number of carbonyl (C=O) groups is 2. The predicted molar refractivity (Wildman–Crippen MR) is 81.0 cm³/mol. The van der Waals surface area contributed by atoms with Crippen LogP contribution in [0.25, 0.3) is 10.9 Å². The Hall–Kier alpha value is -2.30. The Labute approximate surface area is 123 Å². The van der Waals surface area contributed by atoms with E-state index in [2.05, 4.69) is 10.3 Å². The molecule has 5 nitrogen and oxygen atoms in total. The highest BCUT2D eigenvalue weighted by atomic mass is 16.4. The van der Waals surface area contributed by atoms with Gasteiger partial charge in [-0.05, 0) is 17.5 Å². The molecule has 0 saturated carbocycles. The fourth-order valence-electron chi connectivity index (χ4n) is 2.36. The summed E-state index contributed by atoms with van der Waals surface area (Å²) in [6.45, 7) is 3.73. The number of hydrogen-bond donors (Lipinski definition) is 3. The molecular formula is C16H20N2O3. The summed E-state index contributed by atoms with van der Waals surface area (Å²) in [5.41, 5.74) is 1.84. The summed E-state index contributed by atoms with van der Waals surface area (Å²) in [4.78, 5) is 26.4. The molecule has 5 heteroatoms. The van der Waals surface area contributed by atoms with Crippen LogP contribution >= 0.6 is 0 Å². The number of benzene rings is 1. The van der Waals surface area contributed by atoms with Crippen LogP contribution in [0, 0.1) is 5.92 Å². The van der Waals surface area contributed by atoms with E-state index in [9.17, 15) is 14.7 Å². The van der Waals surface area contributed by atoms with Crippen molar-refractivity contribution in [2.24, 2.45) is 5.92 Å². The highest BCUT2D eigenvalue weighted by Crippen LogP contribution is 2.18. The van der Waals surface area contributed by atoms with Crippen molar-refractivity contribution in [1.29, 1.82) is 0 Å². The predicted octanol–water partition coefficient (Wildman–Crippen LogP) is 2.33. The molecule has 0 aliphatic carbocycles. The molecule has 2 rings (SSSR count). The number of carboxylic acids is 1. The van der Waals surface area contributed by atoms with Crippen molar-refractivity contribution in [3.8, 4) is 0 Å². The molecule has 0 radical (unpaired) electrons. The number of hydrogen-bond acceptors (Lipinski definition) is 2. The zero-order chi connectivity index (χ0) is 15.4. The van der Waals surface area contributed by atoms with Crippen molar-refractivity contribution in [3.05, 3.63) is 36.0 Å². The van der Waals surface area contributed by atoms with Crippen molar-refractivity contribution in [3.63, 3.8) is 0 Å². The zero-order valence-corrected chi connectivity index (χ0v) is 12.2. The number of rotatable bonds is 6. The molecule has 2 aromatic rings. The number of H-pyrrole nitrogens is 1. The van der Waals surface area contributed by atoms with Gasteiger partial charge in [-0.2, -0.15) is 0 Å². The van der Waals surface area contributed by atoms with E-state index in [1.54, 1.807) is 6.20 Å². The number of para-hydroxylation sites is 1. The van der Waals surface area contributed by atoms with Crippen LogP contribution in [0.5, 0.6) is 0 Å². The maximum atomic E-state index is 12.1. The van der Waals surface area contributed by atoms with Gasteiger partial charge in [-0.3, -0.25) is 4.79 Å². The molecule has 1 heterocycles. The summed E-state index contributed by atoms with van der Waals surface area (Å²) in [7, 11) is 0. The first-order chi connectivity index (χ1) is 10.0. The van der Waals surface area contributed by atoms with E-state index in [-0.39, 0.29) is 18.2 Å². The molecule has 21 heavy (non-hydrogen) atoms. The van der Waals surface area contributed by atoms with Gasteiger partial charge >= 0.3 is 5.97 Å². The number of amides is 1. The quantitative estimate of drug-likeness (QED) is 0.763. The van der Waals surface area contributed by atoms with Crippen LogP contribution in [-0.4, -0.2) is 28.0 Å². The highest BCUT2D eigenvalue weighted by molar-refractivity contribution is 5.90. The summed E-state index contributed by atoms with van der Waals surface area (Å²) in [5, 5.41) is 12.8. The lowest BCUT2D eigenvalue weighted by Crippen LogP contribution is -2.45. The van der Waals surface area contributed by atoms with Crippen LogP contribution in [0.3, 0.4) is 0 Å². The number of aromatic amines is 1. The Bertz CT molecular complexity index is 648. The van der Waals surface area contributed by atoms with Crippen molar-refractivity contribution < 1.29 is 14.7 Å². The lowest BCUT2D eigenvalue weighted by molar-refractivity contribution is -0.143. The zero-order valence-electron chi connectivity index (χ0n) is 12.2. The van der Waals surface area contributed by atoms with Gasteiger partial charge in [0.25, 0.3) is 0 Å². The maximum Gasteiger partial charge on any atom is 0.326 e. The van der Waals surface area contributed by atoms with Crippen LogP contribution < -0.4 is 5.32 Å². The minimum Gasteiger partial charge on any atom is -0.480 e. The number of aliphatic carboxylic acids is 1. The van der Waals surface area contributed by atoms with Crippen molar-refractivity contribution in [1.82, 2.24) is 10.3 Å². The van der Waals surface area contributed by atoms with Crippen LogP contribution in [0.15, 0.2) is 30.5 Å². The summed E-state index contributed by atoms with van der Waals surface area (Å²) < 4.78 is 0. The minimum atomic E-state index is -0.989. The molecule has 2 atom stereocenters. The lowest BCUT2D eigenvalue weighted by atomic mass is 9.99. The van der Waals surface area contributed by atoms with E-state index in [1.807, 2.05) is 38.1 Å². The third-order valence-electron chi connectivity index (χ3n) is 3.82. The molecule has 1 aromatic carbocycles. The Morgan fingerprint density at radius 2 is 2.05 bits per heavy atom. The van der Waals surface area contributed by atoms with Gasteiger partial charge in [-0.1, -0.05) is 38.5 Å². The first-order valence-corrected chi connectivity index (χ1v) is 7.10. The lowest BCUT2D eigenvalue weighted by Gasteiger charge is -2.20. The highest BCUT2D eigenvalue weighted by Gasteiger charge is 2.25. The fourth-order valence-corrected chi connectivity index (χ4v) is 2.36. The Morgan fingerprint density at radius 3 is 2.71 bits per heavy atom. The second-order valence-corrected chi connectivity index (χ2v) is 5.31. The second-order valence-electron chi connectivity index (χ2n) is 5.31. The third kappa shape index (κ3) is 3.42. The van der Waals surface area contributed by atoms with E-state index < -0.39 is 12.0 Å². The van der Waals surface area contributed by atoms with E-state index in [4.69, 9.17) is 0 Å². The summed E-state index contributed by atoms with van der Waals surface area (Å²) in [5.74, 6) is -1.36. The normalized spacial score (nSPS) is 13.8. The summed E-state index contributed by atoms with van der Waals surface area (Å²) in [6.07, 6.45) is 2.66. The minimum absolute atomic E-state index is 0.102. The first-order valence-electron chi connectivity index (χ1n) is 7.10. The van der Waals surface area contributed by atoms with Gasteiger partial charge < -0.3 is 15.4 Å². The molecule has 1 amide bonds. The van der Waals surface area contributed by atoms with Crippen LogP contribution in [0.4, 0.5) is 0 Å². The number of aromatic nitrogens is 1. The van der Waals surface area contributed by atoms with E-state index in [0.29, 0.717) is 6.42 Å². The standard InChI is InChI=1S/C16H20N2O3/c1-3-10(2)15(16(20)21)18-14(19)8-11-9-17-13-7-5-4-6-12(11)13/h4-7,9-10,15,17H,3,8H2,1-2H3,(H,18,19)(H,20,21)/t10-,15-/m1/s1. The second kappa shape index (κ2) is 6.43. The number of fused-ring (bicyclic) bond motifs is 1. The van der Waals surface area contributed by atoms with E-state index >= 15 is 0 Å². The van der Waals surface area contributed by atoms with Gasteiger partial charge in [0.2, 0.25) is 5.91 Å². The van der Waals surface area contributed by atoms with Gasteiger partial charge in [0.05, 0.1) is 6.42 Å². The fraction of sp³-hybridized carbons (Fsp3) is 0.375. The smallest absolute Gasteiger partial charge is 0.326 e. The molecule has 0 aliphatic rings. The molecule has 0 saturated heterocycles. The molecule has 3 N–H and O–H groups in total. The van der Waals surface area contributed by atoms with Crippen LogP contribution in [0.2, 0.25) is 0 Å². The van der Waals surface area contributed by atoms with Gasteiger partial charge in [-0.25, -0.2) is 4.79 Å². The molecule has 0 spiro atoms. The van der Waals surface area contributed by atoms with Crippen LogP contribution in [-0.2, 0) is 16.0 Å².